The molecule has 0 aromatic rings. The smallest absolute Gasteiger partial charge is 0.416 e. The zero-order chi connectivity index (χ0) is 28.5. The van der Waals surface area contributed by atoms with Crippen molar-refractivity contribution >= 4 is 12.2 Å². The van der Waals surface area contributed by atoms with Crippen LogP contribution < -0.4 is 5.32 Å². The van der Waals surface area contributed by atoms with Gasteiger partial charge in [-0.3, -0.25) is 0 Å². The number of rotatable bonds is 30. The summed E-state index contributed by atoms with van der Waals surface area (Å²) in [6.07, 6.45) is 34.8. The number of imide groups is 1. The molecule has 232 valence electrons. The van der Waals surface area contributed by atoms with Crippen LogP contribution in [-0.2, 0) is 9.47 Å². The van der Waals surface area contributed by atoms with Crippen LogP contribution in [0.15, 0.2) is 0 Å². The van der Waals surface area contributed by atoms with Crippen LogP contribution in [0, 0.1) is 0 Å². The molecule has 0 unspecified atom stereocenters. The molecule has 39 heavy (non-hydrogen) atoms. The summed E-state index contributed by atoms with van der Waals surface area (Å²) in [6, 6.07) is 0. The summed E-state index contributed by atoms with van der Waals surface area (Å²) in [5.74, 6) is 0. The van der Waals surface area contributed by atoms with Crippen LogP contribution in [0.4, 0.5) is 9.59 Å². The van der Waals surface area contributed by atoms with E-state index in [0.29, 0.717) is 13.2 Å². The fourth-order valence-corrected chi connectivity index (χ4v) is 5.08. The summed E-state index contributed by atoms with van der Waals surface area (Å²) >= 11 is 0. The van der Waals surface area contributed by atoms with Gasteiger partial charge in [0.2, 0.25) is 0 Å². The highest BCUT2D eigenvalue weighted by Crippen LogP contribution is 2.14. The predicted molar refractivity (Wildman–Crippen MR) is 166 cm³/mol. The van der Waals surface area contributed by atoms with E-state index in [-0.39, 0.29) is 0 Å². The number of alkyl carbamates (subject to hydrolysis) is 2. The van der Waals surface area contributed by atoms with Crippen molar-refractivity contribution in [3.05, 3.63) is 0 Å². The highest BCUT2D eigenvalue weighted by atomic mass is 16.6. The molecule has 0 aliphatic rings. The summed E-state index contributed by atoms with van der Waals surface area (Å²) in [5, 5.41) is 2.16. The van der Waals surface area contributed by atoms with Crippen molar-refractivity contribution in [2.75, 3.05) is 13.2 Å². The lowest BCUT2D eigenvalue weighted by molar-refractivity contribution is 0.122. The molecule has 0 rings (SSSR count). The Morgan fingerprint density at radius 2 is 0.564 bits per heavy atom. The second-order valence-corrected chi connectivity index (χ2v) is 11.6. The summed E-state index contributed by atoms with van der Waals surface area (Å²) in [4.78, 5) is 23.4. The minimum atomic E-state index is -0.698. The standard InChI is InChI=1S/C34H67NO4/c1-3-5-7-9-11-13-15-17-19-21-23-25-27-29-31-38-33(36)35-34(37)39-32-30-28-26-24-22-20-18-16-14-12-10-8-6-4-2/h3-32H2,1-2H3,(H,35,36,37). The number of amides is 2. The van der Waals surface area contributed by atoms with Gasteiger partial charge in [0.1, 0.15) is 0 Å². The second-order valence-electron chi connectivity index (χ2n) is 11.6. The molecule has 0 heterocycles. The predicted octanol–water partition coefficient (Wildman–Crippen LogP) is 11.8. The van der Waals surface area contributed by atoms with E-state index in [4.69, 9.17) is 9.47 Å². The van der Waals surface area contributed by atoms with E-state index in [1.165, 1.54) is 154 Å². The van der Waals surface area contributed by atoms with Crippen molar-refractivity contribution in [3.63, 3.8) is 0 Å². The summed E-state index contributed by atoms with van der Waals surface area (Å²) in [7, 11) is 0. The molecule has 0 bridgehead atoms. The topological polar surface area (TPSA) is 64.6 Å². The molecular weight excluding hydrogens is 486 g/mol. The Balaban J connectivity index is 3.27. The first-order chi connectivity index (χ1) is 19.2. The maximum atomic E-state index is 11.7. The molecule has 5 nitrogen and oxygen atoms in total. The van der Waals surface area contributed by atoms with Crippen molar-refractivity contribution in [2.24, 2.45) is 0 Å². The minimum Gasteiger partial charge on any atom is -0.449 e. The molecule has 0 radical (unpaired) electrons. The molecule has 0 saturated carbocycles. The van der Waals surface area contributed by atoms with E-state index in [2.05, 4.69) is 19.2 Å². The van der Waals surface area contributed by atoms with Crippen LogP contribution in [0.2, 0.25) is 0 Å². The number of hydrogen-bond acceptors (Lipinski definition) is 4. The summed E-state index contributed by atoms with van der Waals surface area (Å²) in [5.41, 5.74) is 0. The molecule has 0 aliphatic carbocycles. The van der Waals surface area contributed by atoms with Gasteiger partial charge in [0.25, 0.3) is 0 Å². The van der Waals surface area contributed by atoms with E-state index in [1.807, 2.05) is 0 Å². The number of nitrogens with one attached hydrogen (secondary N) is 1. The molecule has 0 spiro atoms. The van der Waals surface area contributed by atoms with Crippen LogP contribution in [0.3, 0.4) is 0 Å². The fraction of sp³-hybridized carbons (Fsp3) is 0.941. The lowest BCUT2D eigenvalue weighted by atomic mass is 10.0. The molecule has 0 fully saturated rings. The van der Waals surface area contributed by atoms with Gasteiger partial charge in [-0.25, -0.2) is 14.9 Å². The molecule has 2 amide bonds. The van der Waals surface area contributed by atoms with Crippen LogP contribution in [0.25, 0.3) is 0 Å². The van der Waals surface area contributed by atoms with Crippen molar-refractivity contribution in [3.8, 4) is 0 Å². The Hall–Kier alpha value is -1.26. The highest BCUT2D eigenvalue weighted by Gasteiger charge is 2.09. The zero-order valence-electron chi connectivity index (χ0n) is 26.3. The SMILES string of the molecule is CCCCCCCCCCCCCCCCOC(=O)NC(=O)OCCCCCCCCCCCCCCCC. The van der Waals surface area contributed by atoms with Gasteiger partial charge in [-0.2, -0.15) is 0 Å². The lowest BCUT2D eigenvalue weighted by Gasteiger charge is -2.07. The molecule has 0 aromatic heterocycles. The third-order valence-electron chi connectivity index (χ3n) is 7.67. The van der Waals surface area contributed by atoms with Gasteiger partial charge in [0.15, 0.2) is 0 Å². The number of hydrogen-bond donors (Lipinski definition) is 1. The van der Waals surface area contributed by atoms with Crippen LogP contribution in [0.1, 0.15) is 194 Å². The number of carbonyl (C=O) groups excluding carboxylic acids is 2. The van der Waals surface area contributed by atoms with Gasteiger partial charge < -0.3 is 9.47 Å². The van der Waals surface area contributed by atoms with E-state index in [9.17, 15) is 9.59 Å². The van der Waals surface area contributed by atoms with Crippen molar-refractivity contribution in [1.82, 2.24) is 5.32 Å². The Bertz CT molecular complexity index is 467. The van der Waals surface area contributed by atoms with Crippen molar-refractivity contribution in [1.29, 1.82) is 0 Å². The van der Waals surface area contributed by atoms with E-state index < -0.39 is 12.2 Å². The average Bonchev–Trinajstić information content (AvgIpc) is 2.93. The zero-order valence-corrected chi connectivity index (χ0v) is 26.3. The highest BCUT2D eigenvalue weighted by molar-refractivity contribution is 5.87. The van der Waals surface area contributed by atoms with Gasteiger partial charge in [-0.05, 0) is 12.8 Å². The Morgan fingerprint density at radius 1 is 0.359 bits per heavy atom. The van der Waals surface area contributed by atoms with E-state index in [0.717, 1.165) is 25.7 Å². The maximum Gasteiger partial charge on any atom is 0.416 e. The first-order valence-electron chi connectivity index (χ1n) is 17.3. The lowest BCUT2D eigenvalue weighted by Crippen LogP contribution is -2.32. The summed E-state index contributed by atoms with van der Waals surface area (Å²) < 4.78 is 10.2. The van der Waals surface area contributed by atoms with Crippen molar-refractivity contribution in [2.45, 2.75) is 194 Å². The average molecular weight is 554 g/mol. The molecule has 0 atom stereocenters. The molecule has 1 N–H and O–H groups in total. The quantitative estimate of drug-likeness (QED) is 0.0898. The minimum absolute atomic E-state index is 0.357. The van der Waals surface area contributed by atoms with Crippen molar-refractivity contribution < 1.29 is 19.1 Å². The van der Waals surface area contributed by atoms with Gasteiger partial charge in [-0.15, -0.1) is 0 Å². The summed E-state index contributed by atoms with van der Waals surface area (Å²) in [6.45, 7) is 5.25. The molecule has 0 aromatic carbocycles. The van der Waals surface area contributed by atoms with Crippen LogP contribution >= 0.6 is 0 Å². The number of unbranched alkanes of at least 4 members (excludes halogenated alkanes) is 26. The normalized spacial score (nSPS) is 11.0. The third kappa shape index (κ3) is 32.8. The van der Waals surface area contributed by atoms with E-state index >= 15 is 0 Å². The van der Waals surface area contributed by atoms with Crippen LogP contribution in [0.5, 0.6) is 0 Å². The third-order valence-corrected chi connectivity index (χ3v) is 7.67. The monoisotopic (exact) mass is 554 g/mol. The number of carbonyl (C=O) groups is 2. The Morgan fingerprint density at radius 3 is 0.795 bits per heavy atom. The largest absolute Gasteiger partial charge is 0.449 e. The van der Waals surface area contributed by atoms with Crippen LogP contribution in [-0.4, -0.2) is 25.4 Å². The Labute approximate surface area is 243 Å². The second kappa shape index (κ2) is 32.9. The molecule has 0 saturated heterocycles. The maximum absolute atomic E-state index is 11.7. The molecular formula is C34H67NO4. The first kappa shape index (κ1) is 37.7. The van der Waals surface area contributed by atoms with Gasteiger partial charge >= 0.3 is 12.2 Å². The number of ether oxygens (including phenoxy) is 2. The molecule has 5 heteroatoms. The van der Waals surface area contributed by atoms with Gasteiger partial charge in [0.05, 0.1) is 13.2 Å². The van der Waals surface area contributed by atoms with Gasteiger partial charge in [-0.1, -0.05) is 181 Å². The first-order valence-corrected chi connectivity index (χ1v) is 17.3. The molecule has 0 aliphatic heterocycles. The van der Waals surface area contributed by atoms with Gasteiger partial charge in [0, 0.05) is 0 Å². The van der Waals surface area contributed by atoms with E-state index in [1.54, 1.807) is 0 Å². The Kier molecular flexibility index (Phi) is 31.9. The fourth-order valence-electron chi connectivity index (χ4n) is 5.08.